The van der Waals surface area contributed by atoms with Gasteiger partial charge in [0.15, 0.2) is 11.6 Å². The van der Waals surface area contributed by atoms with Gasteiger partial charge in [-0.05, 0) is 11.4 Å². The van der Waals surface area contributed by atoms with Crippen LogP contribution in [0.1, 0.15) is 0 Å². The molecule has 64 valence electrons. The van der Waals surface area contributed by atoms with E-state index in [1.165, 1.54) is 11.3 Å². The number of nitrogens with zero attached hydrogens (tertiary/aromatic N) is 3. The van der Waals surface area contributed by atoms with Crippen LogP contribution < -0.4 is 5.73 Å². The molecule has 6 heteroatoms. The monoisotopic (exact) mass is 191 g/mol. The number of aromatic nitrogens is 4. The van der Waals surface area contributed by atoms with E-state index < -0.39 is 0 Å². The highest BCUT2D eigenvalue weighted by atomic mass is 32.1. The molecular formula is C7H5N5S. The molecule has 13 heavy (non-hydrogen) atoms. The second-order valence-corrected chi connectivity index (χ2v) is 3.55. The van der Waals surface area contributed by atoms with Crippen molar-refractivity contribution in [2.75, 3.05) is 5.73 Å². The van der Waals surface area contributed by atoms with E-state index in [0.29, 0.717) is 11.6 Å². The molecule has 0 aliphatic carbocycles. The fraction of sp³-hybridized carbons (Fsp3) is 0. The van der Waals surface area contributed by atoms with Gasteiger partial charge in [-0.3, -0.25) is 0 Å². The summed E-state index contributed by atoms with van der Waals surface area (Å²) < 4.78 is 0. The summed E-state index contributed by atoms with van der Waals surface area (Å²) in [5.41, 5.74) is 7.12. The van der Waals surface area contributed by atoms with Gasteiger partial charge in [-0.2, -0.15) is 0 Å². The normalized spacial score (nSPS) is 11.4. The van der Waals surface area contributed by atoms with Gasteiger partial charge >= 0.3 is 0 Å². The van der Waals surface area contributed by atoms with Gasteiger partial charge in [0, 0.05) is 0 Å². The van der Waals surface area contributed by atoms with Crippen molar-refractivity contribution in [3.63, 3.8) is 0 Å². The molecule has 0 saturated heterocycles. The predicted octanol–water partition coefficient (Wildman–Crippen LogP) is 1.15. The zero-order valence-electron chi connectivity index (χ0n) is 6.48. The fourth-order valence-corrected chi connectivity index (χ4v) is 2.10. The van der Waals surface area contributed by atoms with Crippen molar-refractivity contribution in [3.8, 4) is 0 Å². The summed E-state index contributed by atoms with van der Waals surface area (Å²) in [6, 6.07) is 1.92. The molecule has 0 aliphatic heterocycles. The Morgan fingerprint density at radius 2 is 2.31 bits per heavy atom. The number of nitrogen functional groups attached to an aromatic ring is 1. The molecule has 3 aromatic rings. The summed E-state index contributed by atoms with van der Waals surface area (Å²) in [7, 11) is 0. The van der Waals surface area contributed by atoms with Crippen LogP contribution in [-0.2, 0) is 0 Å². The molecule has 0 radical (unpaired) electrons. The Morgan fingerprint density at radius 3 is 3.23 bits per heavy atom. The predicted molar refractivity (Wildman–Crippen MR) is 51.5 cm³/mol. The maximum Gasteiger partial charge on any atom is 0.200 e. The Balaban J connectivity index is 2.70. The molecule has 0 spiro atoms. The van der Waals surface area contributed by atoms with Crippen LogP contribution in [0.15, 0.2) is 11.4 Å². The number of anilines is 1. The fourth-order valence-electron chi connectivity index (χ4n) is 1.30. The second-order valence-electron chi connectivity index (χ2n) is 2.66. The number of nitrogens with one attached hydrogen (secondary N) is 1. The van der Waals surface area contributed by atoms with Crippen molar-refractivity contribution < 1.29 is 0 Å². The van der Waals surface area contributed by atoms with Crippen molar-refractivity contribution >= 4 is 38.7 Å². The van der Waals surface area contributed by atoms with Crippen LogP contribution in [0.4, 0.5) is 5.95 Å². The van der Waals surface area contributed by atoms with E-state index in [9.17, 15) is 0 Å². The molecule has 0 saturated carbocycles. The Labute approximate surface area is 76.6 Å². The zero-order chi connectivity index (χ0) is 8.84. The molecule has 3 aromatic heterocycles. The van der Waals surface area contributed by atoms with Gasteiger partial charge in [-0.25, -0.2) is 4.98 Å². The molecule has 3 heterocycles. The molecule has 3 N–H and O–H groups in total. The standard InChI is InChI=1S/C7H5N5S/c8-7-9-5-4-3(11-12-5)1-2-13-6(4)10-7/h1-2H,(H3,8,9,10,11,12). The Morgan fingerprint density at radius 1 is 1.38 bits per heavy atom. The average Bonchev–Trinajstić information content (AvgIpc) is 2.50. The van der Waals surface area contributed by atoms with Crippen LogP contribution in [-0.4, -0.2) is 20.2 Å². The number of nitrogens with two attached hydrogens (primary N) is 1. The van der Waals surface area contributed by atoms with Gasteiger partial charge < -0.3 is 10.7 Å². The highest BCUT2D eigenvalue weighted by Crippen LogP contribution is 2.24. The highest BCUT2D eigenvalue weighted by molar-refractivity contribution is 7.16. The Hall–Kier alpha value is -1.69. The zero-order valence-corrected chi connectivity index (χ0v) is 7.30. The molecule has 0 fully saturated rings. The van der Waals surface area contributed by atoms with Crippen LogP contribution in [0.25, 0.3) is 21.4 Å². The van der Waals surface area contributed by atoms with Gasteiger partial charge in [0.2, 0.25) is 0 Å². The SMILES string of the molecule is Nc1nc2sccc3nnc([nH]1)c32. The Kier molecular flexibility index (Phi) is 1.13. The van der Waals surface area contributed by atoms with E-state index in [2.05, 4.69) is 20.2 Å². The third-order valence-corrected chi connectivity index (χ3v) is 2.63. The Bertz CT molecular complexity index is 581. The summed E-state index contributed by atoms with van der Waals surface area (Å²) in [5.74, 6) is 0.372. The molecule has 5 nitrogen and oxygen atoms in total. The summed E-state index contributed by atoms with van der Waals surface area (Å²) >= 11 is 1.53. The summed E-state index contributed by atoms with van der Waals surface area (Å²) in [6.07, 6.45) is 0. The molecule has 0 aromatic carbocycles. The van der Waals surface area contributed by atoms with E-state index >= 15 is 0 Å². The van der Waals surface area contributed by atoms with Gasteiger partial charge in [-0.1, -0.05) is 0 Å². The summed E-state index contributed by atoms with van der Waals surface area (Å²) in [4.78, 5) is 7.89. The van der Waals surface area contributed by atoms with Gasteiger partial charge in [0.05, 0.1) is 5.39 Å². The van der Waals surface area contributed by atoms with Crippen LogP contribution >= 0.6 is 11.3 Å². The molecular weight excluding hydrogens is 186 g/mol. The number of H-pyrrole nitrogens is 1. The van der Waals surface area contributed by atoms with Gasteiger partial charge in [0.1, 0.15) is 10.3 Å². The smallest absolute Gasteiger partial charge is 0.200 e. The summed E-state index contributed by atoms with van der Waals surface area (Å²) in [6.45, 7) is 0. The van der Waals surface area contributed by atoms with Crippen LogP contribution in [0.5, 0.6) is 0 Å². The van der Waals surface area contributed by atoms with E-state index in [1.807, 2.05) is 11.4 Å². The number of aromatic amines is 1. The largest absolute Gasteiger partial charge is 0.369 e. The quantitative estimate of drug-likeness (QED) is 0.558. The molecule has 0 atom stereocenters. The van der Waals surface area contributed by atoms with E-state index in [-0.39, 0.29) is 0 Å². The van der Waals surface area contributed by atoms with Gasteiger partial charge in [-0.15, -0.1) is 21.5 Å². The second kappa shape index (κ2) is 2.17. The lowest BCUT2D eigenvalue weighted by molar-refractivity contribution is 1.12. The summed E-state index contributed by atoms with van der Waals surface area (Å²) in [5, 5.41) is 10.8. The minimum Gasteiger partial charge on any atom is -0.369 e. The molecule has 3 rings (SSSR count). The minimum absolute atomic E-state index is 0.372. The molecule has 0 amide bonds. The van der Waals surface area contributed by atoms with Crippen LogP contribution in [0.2, 0.25) is 0 Å². The van der Waals surface area contributed by atoms with E-state index in [4.69, 9.17) is 5.73 Å². The third kappa shape index (κ3) is 0.829. The molecule has 0 unspecified atom stereocenters. The first kappa shape index (κ1) is 6.79. The van der Waals surface area contributed by atoms with E-state index in [1.54, 1.807) is 0 Å². The van der Waals surface area contributed by atoms with Crippen molar-refractivity contribution in [2.24, 2.45) is 0 Å². The van der Waals surface area contributed by atoms with Crippen molar-refractivity contribution in [3.05, 3.63) is 11.4 Å². The van der Waals surface area contributed by atoms with Crippen molar-refractivity contribution in [1.82, 2.24) is 20.2 Å². The third-order valence-electron chi connectivity index (χ3n) is 1.84. The molecule has 0 bridgehead atoms. The lowest BCUT2D eigenvalue weighted by Gasteiger charge is -1.96. The highest BCUT2D eigenvalue weighted by Gasteiger charge is 2.08. The number of hydrogen-bond donors (Lipinski definition) is 2. The van der Waals surface area contributed by atoms with Crippen LogP contribution in [0, 0.1) is 0 Å². The minimum atomic E-state index is 0.372. The van der Waals surface area contributed by atoms with Crippen LogP contribution in [0.3, 0.4) is 0 Å². The topological polar surface area (TPSA) is 80.5 Å². The lowest BCUT2D eigenvalue weighted by Crippen LogP contribution is -1.94. The molecule has 0 aliphatic rings. The first-order valence-corrected chi connectivity index (χ1v) is 4.57. The lowest BCUT2D eigenvalue weighted by atomic mass is 10.3. The van der Waals surface area contributed by atoms with Crippen molar-refractivity contribution in [2.45, 2.75) is 0 Å². The van der Waals surface area contributed by atoms with E-state index in [0.717, 1.165) is 15.7 Å². The maximum atomic E-state index is 5.56. The number of rotatable bonds is 0. The maximum absolute atomic E-state index is 5.56. The first-order chi connectivity index (χ1) is 6.34. The first-order valence-electron chi connectivity index (χ1n) is 3.69. The average molecular weight is 191 g/mol. The van der Waals surface area contributed by atoms with Crippen molar-refractivity contribution in [1.29, 1.82) is 0 Å². The number of hydrogen-bond acceptors (Lipinski definition) is 5. The van der Waals surface area contributed by atoms with Gasteiger partial charge in [0.25, 0.3) is 0 Å².